The van der Waals surface area contributed by atoms with Gasteiger partial charge in [0.1, 0.15) is 0 Å². The van der Waals surface area contributed by atoms with E-state index < -0.39 is 0 Å². The molecular weight excluding hydrogens is 180 g/mol. The molecular formula is C10H16N2O2. The summed E-state index contributed by atoms with van der Waals surface area (Å²) in [7, 11) is 0. The molecule has 1 aliphatic rings. The van der Waals surface area contributed by atoms with E-state index in [0.717, 1.165) is 13.1 Å². The molecule has 4 heteroatoms. The van der Waals surface area contributed by atoms with E-state index in [0.29, 0.717) is 5.92 Å². The van der Waals surface area contributed by atoms with E-state index in [1.807, 2.05) is 11.8 Å². The van der Waals surface area contributed by atoms with Crippen LogP contribution in [0.1, 0.15) is 6.92 Å². The van der Waals surface area contributed by atoms with Crippen molar-refractivity contribution in [3.63, 3.8) is 0 Å². The first kappa shape index (κ1) is 11.0. The molecule has 1 atom stereocenters. The maximum atomic E-state index is 11.4. The quantitative estimate of drug-likeness (QED) is 0.570. The standard InChI is InChI=1S/C10H16N2O2/c1-3-4-11-10(14)8(2)12-5-9(6-12)7-13/h1,8-9,13H,4-7H2,2H3,(H,11,14). The van der Waals surface area contributed by atoms with Gasteiger partial charge in [-0.25, -0.2) is 0 Å². The minimum absolute atomic E-state index is 0.0423. The number of hydrogen-bond donors (Lipinski definition) is 2. The lowest BCUT2D eigenvalue weighted by Gasteiger charge is -2.41. The van der Waals surface area contributed by atoms with Gasteiger partial charge in [0.25, 0.3) is 0 Å². The summed E-state index contributed by atoms with van der Waals surface area (Å²) < 4.78 is 0. The Morgan fingerprint density at radius 2 is 2.43 bits per heavy atom. The number of aliphatic hydroxyl groups excluding tert-OH is 1. The van der Waals surface area contributed by atoms with Crippen molar-refractivity contribution in [2.45, 2.75) is 13.0 Å². The van der Waals surface area contributed by atoms with Crippen LogP contribution in [0, 0.1) is 18.3 Å². The van der Waals surface area contributed by atoms with Crippen LogP contribution in [-0.2, 0) is 4.79 Å². The molecule has 1 heterocycles. The Labute approximate surface area is 84.3 Å². The molecule has 0 radical (unpaired) electrons. The van der Waals surface area contributed by atoms with Crippen LogP contribution < -0.4 is 5.32 Å². The van der Waals surface area contributed by atoms with E-state index in [2.05, 4.69) is 11.2 Å². The minimum Gasteiger partial charge on any atom is -0.396 e. The Morgan fingerprint density at radius 3 is 2.93 bits per heavy atom. The van der Waals surface area contributed by atoms with Crippen molar-refractivity contribution in [1.29, 1.82) is 0 Å². The number of aliphatic hydroxyl groups is 1. The van der Waals surface area contributed by atoms with Gasteiger partial charge in [-0.15, -0.1) is 6.42 Å². The van der Waals surface area contributed by atoms with E-state index in [-0.39, 0.29) is 25.1 Å². The minimum atomic E-state index is -0.147. The number of amides is 1. The van der Waals surface area contributed by atoms with Crippen LogP contribution >= 0.6 is 0 Å². The third-order valence-electron chi connectivity index (χ3n) is 2.54. The van der Waals surface area contributed by atoms with E-state index in [4.69, 9.17) is 11.5 Å². The molecule has 4 nitrogen and oxygen atoms in total. The van der Waals surface area contributed by atoms with E-state index in [1.165, 1.54) is 0 Å². The van der Waals surface area contributed by atoms with Gasteiger partial charge < -0.3 is 10.4 Å². The highest BCUT2D eigenvalue weighted by atomic mass is 16.3. The number of carbonyl (C=O) groups is 1. The van der Waals surface area contributed by atoms with Gasteiger partial charge in [0.2, 0.25) is 5.91 Å². The zero-order chi connectivity index (χ0) is 10.6. The third kappa shape index (κ3) is 2.47. The molecule has 0 bridgehead atoms. The summed E-state index contributed by atoms with van der Waals surface area (Å²) in [5.74, 6) is 2.65. The molecule has 1 aliphatic heterocycles. The van der Waals surface area contributed by atoms with Gasteiger partial charge in [-0.3, -0.25) is 9.69 Å². The van der Waals surface area contributed by atoms with Gasteiger partial charge in [-0.05, 0) is 6.92 Å². The molecule has 0 aromatic heterocycles. The van der Waals surface area contributed by atoms with Gasteiger partial charge in [0, 0.05) is 25.6 Å². The largest absolute Gasteiger partial charge is 0.396 e. The molecule has 1 fully saturated rings. The van der Waals surface area contributed by atoms with Crippen molar-refractivity contribution < 1.29 is 9.90 Å². The monoisotopic (exact) mass is 196 g/mol. The number of terminal acetylenes is 1. The van der Waals surface area contributed by atoms with Crippen molar-refractivity contribution >= 4 is 5.91 Å². The number of nitrogens with one attached hydrogen (secondary N) is 1. The van der Waals surface area contributed by atoms with E-state index >= 15 is 0 Å². The fourth-order valence-corrected chi connectivity index (χ4v) is 1.49. The highest BCUT2D eigenvalue weighted by molar-refractivity contribution is 5.81. The second kappa shape index (κ2) is 4.99. The Kier molecular flexibility index (Phi) is 3.93. The zero-order valence-corrected chi connectivity index (χ0v) is 8.36. The van der Waals surface area contributed by atoms with Crippen molar-refractivity contribution in [3.05, 3.63) is 0 Å². The van der Waals surface area contributed by atoms with Crippen LogP contribution in [0.5, 0.6) is 0 Å². The normalized spacial score (nSPS) is 19.5. The number of carbonyl (C=O) groups excluding carboxylic acids is 1. The van der Waals surface area contributed by atoms with Gasteiger partial charge >= 0.3 is 0 Å². The maximum Gasteiger partial charge on any atom is 0.237 e. The molecule has 0 aromatic carbocycles. The van der Waals surface area contributed by atoms with Crippen LogP contribution in [0.4, 0.5) is 0 Å². The second-order valence-corrected chi connectivity index (χ2v) is 3.60. The summed E-state index contributed by atoms with van der Waals surface area (Å²) in [6.07, 6.45) is 5.03. The van der Waals surface area contributed by atoms with Crippen molar-refractivity contribution in [2.75, 3.05) is 26.2 Å². The summed E-state index contributed by atoms with van der Waals surface area (Å²) in [6, 6.07) is -0.147. The highest BCUT2D eigenvalue weighted by Gasteiger charge is 2.32. The smallest absolute Gasteiger partial charge is 0.237 e. The molecule has 1 saturated heterocycles. The lowest BCUT2D eigenvalue weighted by Crippen LogP contribution is -2.56. The van der Waals surface area contributed by atoms with Crippen LogP contribution in [-0.4, -0.2) is 48.2 Å². The molecule has 0 spiro atoms. The van der Waals surface area contributed by atoms with Crippen LogP contribution in [0.2, 0.25) is 0 Å². The molecule has 0 aliphatic carbocycles. The SMILES string of the molecule is C#CCNC(=O)C(C)N1CC(CO)C1. The molecule has 1 rings (SSSR count). The van der Waals surface area contributed by atoms with Gasteiger partial charge in [0.05, 0.1) is 12.6 Å². The summed E-state index contributed by atoms with van der Waals surface area (Å²) in [5.41, 5.74) is 0. The maximum absolute atomic E-state index is 11.4. The Morgan fingerprint density at radius 1 is 1.79 bits per heavy atom. The topological polar surface area (TPSA) is 52.6 Å². The third-order valence-corrected chi connectivity index (χ3v) is 2.54. The lowest BCUT2D eigenvalue weighted by molar-refractivity contribution is -0.128. The first-order valence-corrected chi connectivity index (χ1v) is 4.75. The van der Waals surface area contributed by atoms with E-state index in [9.17, 15) is 4.79 Å². The summed E-state index contributed by atoms with van der Waals surface area (Å²) in [4.78, 5) is 13.4. The van der Waals surface area contributed by atoms with Crippen molar-refractivity contribution in [2.24, 2.45) is 5.92 Å². The van der Waals surface area contributed by atoms with E-state index in [1.54, 1.807) is 0 Å². The Balaban J connectivity index is 2.25. The predicted molar refractivity (Wildman–Crippen MR) is 53.5 cm³/mol. The fraction of sp³-hybridized carbons (Fsp3) is 0.700. The molecule has 0 saturated carbocycles. The second-order valence-electron chi connectivity index (χ2n) is 3.60. The molecule has 1 amide bonds. The predicted octanol–water partition coefficient (Wildman–Crippen LogP) is -0.952. The fourth-order valence-electron chi connectivity index (χ4n) is 1.49. The Bertz CT molecular complexity index is 241. The van der Waals surface area contributed by atoms with Gasteiger partial charge in [0.15, 0.2) is 0 Å². The number of nitrogens with zero attached hydrogens (tertiary/aromatic N) is 1. The molecule has 0 aromatic rings. The van der Waals surface area contributed by atoms with Crippen LogP contribution in [0.3, 0.4) is 0 Å². The average Bonchev–Trinajstić information content (AvgIpc) is 2.12. The zero-order valence-electron chi connectivity index (χ0n) is 8.36. The Hall–Kier alpha value is -1.05. The first-order valence-electron chi connectivity index (χ1n) is 4.75. The molecule has 2 N–H and O–H groups in total. The van der Waals surface area contributed by atoms with Gasteiger partial charge in [-0.1, -0.05) is 5.92 Å². The molecule has 1 unspecified atom stereocenters. The summed E-state index contributed by atoms with van der Waals surface area (Å²) in [6.45, 7) is 3.91. The lowest BCUT2D eigenvalue weighted by atomic mass is 9.99. The van der Waals surface area contributed by atoms with Gasteiger partial charge in [-0.2, -0.15) is 0 Å². The summed E-state index contributed by atoms with van der Waals surface area (Å²) >= 11 is 0. The molecule has 78 valence electrons. The molecule has 14 heavy (non-hydrogen) atoms. The number of hydrogen-bond acceptors (Lipinski definition) is 3. The average molecular weight is 196 g/mol. The van der Waals surface area contributed by atoms with Crippen molar-refractivity contribution in [3.8, 4) is 12.3 Å². The highest BCUT2D eigenvalue weighted by Crippen LogP contribution is 2.17. The number of likely N-dealkylation sites (tertiary alicyclic amines) is 1. The number of rotatable bonds is 4. The first-order chi connectivity index (χ1) is 6.69. The summed E-state index contributed by atoms with van der Waals surface area (Å²) in [5, 5.41) is 11.4. The van der Waals surface area contributed by atoms with Crippen molar-refractivity contribution in [1.82, 2.24) is 10.2 Å². The van der Waals surface area contributed by atoms with Crippen LogP contribution in [0.25, 0.3) is 0 Å². The van der Waals surface area contributed by atoms with Crippen LogP contribution in [0.15, 0.2) is 0 Å².